The van der Waals surface area contributed by atoms with Crippen molar-refractivity contribution in [1.82, 2.24) is 9.97 Å². The Morgan fingerprint density at radius 3 is 2.37 bits per heavy atom. The van der Waals surface area contributed by atoms with Crippen LogP contribution in [0.3, 0.4) is 0 Å². The Hall–Kier alpha value is -1.90. The number of nitrogens with zero attached hydrogens (tertiary/aromatic N) is 2. The van der Waals surface area contributed by atoms with Gasteiger partial charge in [-0.15, -0.1) is 0 Å². The summed E-state index contributed by atoms with van der Waals surface area (Å²) in [7, 11) is 1.65. The standard InChI is InChI=1S/C16H20N2O/c1-11(2)15(13-7-5-12(3)6-8-13)14-9-17-10-18-16(14)19-4/h5-11,15H,1-4H3. The van der Waals surface area contributed by atoms with Gasteiger partial charge in [-0.1, -0.05) is 43.7 Å². The SMILES string of the molecule is COc1ncncc1C(c1ccc(C)cc1)C(C)C. The quantitative estimate of drug-likeness (QED) is 0.838. The number of hydrogen-bond donors (Lipinski definition) is 0. The summed E-state index contributed by atoms with van der Waals surface area (Å²) in [5, 5.41) is 0. The lowest BCUT2D eigenvalue weighted by Gasteiger charge is -2.22. The minimum Gasteiger partial charge on any atom is -0.481 e. The number of rotatable bonds is 4. The van der Waals surface area contributed by atoms with Crippen LogP contribution in [-0.4, -0.2) is 17.1 Å². The van der Waals surface area contributed by atoms with Crippen LogP contribution in [0.5, 0.6) is 5.88 Å². The van der Waals surface area contributed by atoms with Crippen LogP contribution >= 0.6 is 0 Å². The van der Waals surface area contributed by atoms with E-state index in [0.717, 1.165) is 5.56 Å². The molecule has 2 aromatic rings. The molecule has 0 aliphatic heterocycles. The maximum absolute atomic E-state index is 5.37. The molecular formula is C16H20N2O. The summed E-state index contributed by atoms with van der Waals surface area (Å²) >= 11 is 0. The molecule has 0 bridgehead atoms. The molecule has 0 spiro atoms. The third-order valence-electron chi connectivity index (χ3n) is 3.33. The highest BCUT2D eigenvalue weighted by atomic mass is 16.5. The molecule has 3 heteroatoms. The highest BCUT2D eigenvalue weighted by Crippen LogP contribution is 2.35. The molecule has 1 unspecified atom stereocenters. The molecule has 1 aromatic carbocycles. The van der Waals surface area contributed by atoms with E-state index in [-0.39, 0.29) is 5.92 Å². The van der Waals surface area contributed by atoms with Gasteiger partial charge in [-0.25, -0.2) is 9.97 Å². The van der Waals surface area contributed by atoms with Crippen molar-refractivity contribution < 1.29 is 4.74 Å². The van der Waals surface area contributed by atoms with Gasteiger partial charge in [0.1, 0.15) is 6.33 Å². The summed E-state index contributed by atoms with van der Waals surface area (Å²) in [6.07, 6.45) is 3.38. The first-order valence-electron chi connectivity index (χ1n) is 6.54. The van der Waals surface area contributed by atoms with E-state index < -0.39 is 0 Å². The molecule has 100 valence electrons. The minimum absolute atomic E-state index is 0.247. The van der Waals surface area contributed by atoms with Crippen molar-refractivity contribution in [2.24, 2.45) is 5.92 Å². The topological polar surface area (TPSA) is 35.0 Å². The van der Waals surface area contributed by atoms with Crippen LogP contribution in [0.1, 0.15) is 36.5 Å². The summed E-state index contributed by atoms with van der Waals surface area (Å²) < 4.78 is 5.37. The first kappa shape index (κ1) is 13.5. The molecule has 0 saturated heterocycles. The second-order valence-corrected chi connectivity index (χ2v) is 5.12. The largest absolute Gasteiger partial charge is 0.481 e. The number of aryl methyl sites for hydroxylation is 1. The van der Waals surface area contributed by atoms with Crippen LogP contribution in [0.2, 0.25) is 0 Å². The highest BCUT2D eigenvalue weighted by Gasteiger charge is 2.22. The Labute approximate surface area is 114 Å². The lowest BCUT2D eigenvalue weighted by molar-refractivity contribution is 0.383. The molecule has 1 atom stereocenters. The van der Waals surface area contributed by atoms with E-state index in [1.54, 1.807) is 7.11 Å². The zero-order valence-corrected chi connectivity index (χ0v) is 11.9. The number of aromatic nitrogens is 2. The van der Waals surface area contributed by atoms with E-state index in [0.29, 0.717) is 11.8 Å². The lowest BCUT2D eigenvalue weighted by atomic mass is 9.83. The number of methoxy groups -OCH3 is 1. The third-order valence-corrected chi connectivity index (χ3v) is 3.33. The fourth-order valence-corrected chi connectivity index (χ4v) is 2.41. The minimum atomic E-state index is 0.247. The maximum Gasteiger partial charge on any atom is 0.219 e. The molecular weight excluding hydrogens is 236 g/mol. The van der Waals surface area contributed by atoms with Crippen LogP contribution in [0.25, 0.3) is 0 Å². The van der Waals surface area contributed by atoms with Crippen LogP contribution in [0.15, 0.2) is 36.8 Å². The normalized spacial score (nSPS) is 12.5. The van der Waals surface area contributed by atoms with Gasteiger partial charge in [-0.2, -0.15) is 0 Å². The molecule has 0 aliphatic rings. The average Bonchev–Trinajstić information content (AvgIpc) is 2.41. The molecule has 0 radical (unpaired) electrons. The number of hydrogen-bond acceptors (Lipinski definition) is 3. The zero-order chi connectivity index (χ0) is 13.8. The van der Waals surface area contributed by atoms with E-state index in [4.69, 9.17) is 4.74 Å². The van der Waals surface area contributed by atoms with Crippen LogP contribution in [-0.2, 0) is 0 Å². The van der Waals surface area contributed by atoms with Crippen molar-refractivity contribution in [3.05, 3.63) is 53.5 Å². The van der Waals surface area contributed by atoms with Gasteiger partial charge in [0.2, 0.25) is 5.88 Å². The molecule has 0 N–H and O–H groups in total. The Bertz CT molecular complexity index is 535. The van der Waals surface area contributed by atoms with Crippen molar-refractivity contribution in [2.45, 2.75) is 26.7 Å². The first-order chi connectivity index (χ1) is 9.13. The summed E-state index contributed by atoms with van der Waals surface area (Å²) in [5.74, 6) is 1.36. The molecule has 1 heterocycles. The van der Waals surface area contributed by atoms with E-state index in [2.05, 4.69) is 55.0 Å². The van der Waals surface area contributed by atoms with E-state index in [9.17, 15) is 0 Å². The monoisotopic (exact) mass is 256 g/mol. The van der Waals surface area contributed by atoms with E-state index in [1.165, 1.54) is 17.5 Å². The van der Waals surface area contributed by atoms with Gasteiger partial charge in [0.05, 0.1) is 7.11 Å². The van der Waals surface area contributed by atoms with Gasteiger partial charge in [-0.05, 0) is 18.4 Å². The molecule has 1 aromatic heterocycles. The average molecular weight is 256 g/mol. The predicted octanol–water partition coefficient (Wildman–Crippen LogP) is 3.58. The van der Waals surface area contributed by atoms with Crippen molar-refractivity contribution in [3.8, 4) is 5.88 Å². The van der Waals surface area contributed by atoms with E-state index in [1.807, 2.05) is 6.20 Å². The molecule has 0 saturated carbocycles. The van der Waals surface area contributed by atoms with Crippen LogP contribution in [0.4, 0.5) is 0 Å². The Balaban J connectivity index is 2.48. The van der Waals surface area contributed by atoms with Crippen LogP contribution < -0.4 is 4.74 Å². The number of ether oxygens (including phenoxy) is 1. The zero-order valence-electron chi connectivity index (χ0n) is 11.9. The van der Waals surface area contributed by atoms with Gasteiger partial charge in [0, 0.05) is 17.7 Å². The van der Waals surface area contributed by atoms with Gasteiger partial charge >= 0.3 is 0 Å². The Morgan fingerprint density at radius 2 is 1.79 bits per heavy atom. The van der Waals surface area contributed by atoms with Crippen molar-refractivity contribution >= 4 is 0 Å². The van der Waals surface area contributed by atoms with Gasteiger partial charge < -0.3 is 4.74 Å². The van der Waals surface area contributed by atoms with Gasteiger partial charge in [0.25, 0.3) is 0 Å². The lowest BCUT2D eigenvalue weighted by Crippen LogP contribution is -2.11. The van der Waals surface area contributed by atoms with Crippen molar-refractivity contribution in [3.63, 3.8) is 0 Å². The fourth-order valence-electron chi connectivity index (χ4n) is 2.41. The van der Waals surface area contributed by atoms with Gasteiger partial charge in [-0.3, -0.25) is 0 Å². The Kier molecular flexibility index (Phi) is 4.15. The molecule has 19 heavy (non-hydrogen) atoms. The molecule has 3 nitrogen and oxygen atoms in total. The second kappa shape index (κ2) is 5.83. The van der Waals surface area contributed by atoms with E-state index >= 15 is 0 Å². The molecule has 0 fully saturated rings. The van der Waals surface area contributed by atoms with Crippen molar-refractivity contribution in [1.29, 1.82) is 0 Å². The number of benzene rings is 1. The fraction of sp³-hybridized carbons (Fsp3) is 0.375. The second-order valence-electron chi connectivity index (χ2n) is 5.12. The van der Waals surface area contributed by atoms with Crippen molar-refractivity contribution in [2.75, 3.05) is 7.11 Å². The van der Waals surface area contributed by atoms with Gasteiger partial charge in [0.15, 0.2) is 0 Å². The molecule has 0 amide bonds. The van der Waals surface area contributed by atoms with Crippen LogP contribution in [0, 0.1) is 12.8 Å². The third kappa shape index (κ3) is 2.92. The summed E-state index contributed by atoms with van der Waals surface area (Å²) in [6, 6.07) is 8.63. The summed E-state index contributed by atoms with van der Waals surface area (Å²) in [5.41, 5.74) is 3.58. The smallest absolute Gasteiger partial charge is 0.219 e. The molecule has 2 rings (SSSR count). The maximum atomic E-state index is 5.37. The Morgan fingerprint density at radius 1 is 1.11 bits per heavy atom. The summed E-state index contributed by atoms with van der Waals surface area (Å²) in [4.78, 5) is 8.36. The molecule has 0 aliphatic carbocycles. The summed E-state index contributed by atoms with van der Waals surface area (Å²) in [6.45, 7) is 6.51. The predicted molar refractivity (Wildman–Crippen MR) is 76.4 cm³/mol. The first-order valence-corrected chi connectivity index (χ1v) is 6.54. The highest BCUT2D eigenvalue weighted by molar-refractivity contribution is 5.37.